The van der Waals surface area contributed by atoms with Gasteiger partial charge < -0.3 is 10.2 Å². The average molecular weight is 444 g/mol. The number of aromatic nitrogens is 2. The molecule has 1 aliphatic heterocycles. The van der Waals surface area contributed by atoms with Gasteiger partial charge in [0.1, 0.15) is 5.82 Å². The second-order valence-electron chi connectivity index (χ2n) is 8.82. The number of nitrogens with zero attached hydrogens (tertiary/aromatic N) is 4. The first-order valence-corrected chi connectivity index (χ1v) is 11.7. The molecule has 2 aliphatic carbocycles. The van der Waals surface area contributed by atoms with Crippen molar-refractivity contribution in [2.75, 3.05) is 38.0 Å². The minimum Gasteiger partial charge on any atom is -0.366 e. The molecule has 1 aromatic carbocycles. The van der Waals surface area contributed by atoms with Crippen LogP contribution in [0.15, 0.2) is 28.9 Å². The Morgan fingerprint density at radius 3 is 2.50 bits per heavy atom. The van der Waals surface area contributed by atoms with Crippen LogP contribution in [0.4, 0.5) is 5.82 Å². The summed E-state index contributed by atoms with van der Waals surface area (Å²) in [6, 6.07) is 7.35. The standard InChI is InChI=1S/C22H30BrN5/c23-17-3-8-20-21(13-17)26-22(14-24-20)25-18-4-6-19(7-5-18)28-11-9-27(10-12-28)15-16-1-2-16/h3,8,13-14,16,18-19H,1-2,4-7,9-12,15H2,(H,25,26). The van der Waals surface area contributed by atoms with Crippen LogP contribution in [-0.4, -0.2) is 64.6 Å². The highest BCUT2D eigenvalue weighted by Gasteiger charge is 2.30. The van der Waals surface area contributed by atoms with Crippen molar-refractivity contribution in [2.24, 2.45) is 5.92 Å². The van der Waals surface area contributed by atoms with Gasteiger partial charge in [-0.15, -0.1) is 0 Å². The van der Waals surface area contributed by atoms with E-state index in [1.54, 1.807) is 0 Å². The molecule has 3 fully saturated rings. The number of rotatable bonds is 5. The Bertz CT molecular complexity index is 808. The zero-order valence-corrected chi connectivity index (χ0v) is 18.1. The van der Waals surface area contributed by atoms with Crippen LogP contribution < -0.4 is 5.32 Å². The highest BCUT2D eigenvalue weighted by atomic mass is 79.9. The lowest BCUT2D eigenvalue weighted by Crippen LogP contribution is -2.51. The predicted molar refractivity (Wildman–Crippen MR) is 118 cm³/mol. The van der Waals surface area contributed by atoms with Crippen LogP contribution in [0.5, 0.6) is 0 Å². The van der Waals surface area contributed by atoms with E-state index in [-0.39, 0.29) is 0 Å². The molecule has 2 saturated carbocycles. The number of anilines is 1. The van der Waals surface area contributed by atoms with Crippen LogP contribution in [0.2, 0.25) is 0 Å². The van der Waals surface area contributed by atoms with E-state index in [0.717, 1.165) is 33.3 Å². The molecule has 0 unspecified atom stereocenters. The highest BCUT2D eigenvalue weighted by Crippen LogP contribution is 2.31. The molecule has 1 saturated heterocycles. The fraction of sp³-hybridized carbons (Fsp3) is 0.636. The fourth-order valence-electron chi connectivity index (χ4n) is 4.83. The zero-order chi connectivity index (χ0) is 18.9. The van der Waals surface area contributed by atoms with Crippen molar-refractivity contribution < 1.29 is 0 Å². The third-order valence-corrected chi connectivity index (χ3v) is 7.18. The van der Waals surface area contributed by atoms with Gasteiger partial charge in [0, 0.05) is 49.3 Å². The first kappa shape index (κ1) is 18.8. The summed E-state index contributed by atoms with van der Waals surface area (Å²) in [5.41, 5.74) is 1.88. The highest BCUT2D eigenvalue weighted by molar-refractivity contribution is 9.10. The third-order valence-electron chi connectivity index (χ3n) is 6.69. The monoisotopic (exact) mass is 443 g/mol. The maximum Gasteiger partial charge on any atom is 0.145 e. The van der Waals surface area contributed by atoms with Crippen LogP contribution in [0.1, 0.15) is 38.5 Å². The number of benzene rings is 1. The molecule has 1 aromatic heterocycles. The average Bonchev–Trinajstić information content (AvgIpc) is 3.53. The van der Waals surface area contributed by atoms with Crippen LogP contribution in [0.25, 0.3) is 11.0 Å². The van der Waals surface area contributed by atoms with E-state index in [0.29, 0.717) is 6.04 Å². The van der Waals surface area contributed by atoms with Crippen LogP contribution in [-0.2, 0) is 0 Å². The maximum atomic E-state index is 4.76. The molecule has 1 N–H and O–H groups in total. The number of nitrogens with one attached hydrogen (secondary N) is 1. The summed E-state index contributed by atoms with van der Waals surface area (Å²) in [4.78, 5) is 14.8. The molecule has 3 aliphatic rings. The summed E-state index contributed by atoms with van der Waals surface area (Å²) < 4.78 is 1.05. The van der Waals surface area contributed by atoms with E-state index in [4.69, 9.17) is 4.98 Å². The smallest absolute Gasteiger partial charge is 0.145 e. The Morgan fingerprint density at radius 2 is 1.75 bits per heavy atom. The number of hydrogen-bond acceptors (Lipinski definition) is 5. The topological polar surface area (TPSA) is 44.3 Å². The predicted octanol–water partition coefficient (Wildman–Crippen LogP) is 4.14. The molecule has 6 heteroatoms. The van der Waals surface area contributed by atoms with Crippen molar-refractivity contribution in [1.29, 1.82) is 0 Å². The van der Waals surface area contributed by atoms with Gasteiger partial charge in [-0.05, 0) is 62.6 Å². The fourth-order valence-corrected chi connectivity index (χ4v) is 5.17. The molecular weight excluding hydrogens is 414 g/mol. The Hall–Kier alpha value is -1.24. The minimum atomic E-state index is 0.520. The second kappa shape index (κ2) is 8.25. The molecule has 5 rings (SSSR count). The summed E-state index contributed by atoms with van der Waals surface area (Å²) in [7, 11) is 0. The third kappa shape index (κ3) is 4.50. The van der Waals surface area contributed by atoms with Crippen molar-refractivity contribution in [3.8, 4) is 0 Å². The Kier molecular flexibility index (Phi) is 5.53. The summed E-state index contributed by atoms with van der Waals surface area (Å²) in [5.74, 6) is 1.93. The summed E-state index contributed by atoms with van der Waals surface area (Å²) >= 11 is 3.52. The Labute approximate surface area is 176 Å². The van der Waals surface area contributed by atoms with E-state index in [1.807, 2.05) is 24.4 Å². The van der Waals surface area contributed by atoms with Crippen LogP contribution in [0, 0.1) is 5.92 Å². The molecule has 150 valence electrons. The first-order chi connectivity index (χ1) is 13.7. The lowest BCUT2D eigenvalue weighted by atomic mass is 9.90. The van der Waals surface area contributed by atoms with Crippen LogP contribution >= 0.6 is 15.9 Å². The molecule has 0 bridgehead atoms. The lowest BCUT2D eigenvalue weighted by Gasteiger charge is -2.42. The Balaban J connectivity index is 1.11. The quantitative estimate of drug-likeness (QED) is 0.751. The second-order valence-corrected chi connectivity index (χ2v) is 9.73. The lowest BCUT2D eigenvalue weighted by molar-refractivity contribution is 0.0752. The van der Waals surface area contributed by atoms with Gasteiger partial charge in [0.05, 0.1) is 17.2 Å². The normalized spacial score (nSPS) is 27.2. The summed E-state index contributed by atoms with van der Waals surface area (Å²) in [6.07, 6.45) is 9.86. The molecule has 2 heterocycles. The van der Waals surface area contributed by atoms with Crippen molar-refractivity contribution in [3.63, 3.8) is 0 Å². The molecular formula is C22H30BrN5. The van der Waals surface area contributed by atoms with Crippen molar-refractivity contribution >= 4 is 32.8 Å². The van der Waals surface area contributed by atoms with E-state index in [9.17, 15) is 0 Å². The molecule has 5 nitrogen and oxygen atoms in total. The molecule has 0 amide bonds. The first-order valence-electron chi connectivity index (χ1n) is 10.9. The zero-order valence-electron chi connectivity index (χ0n) is 16.5. The van der Waals surface area contributed by atoms with Crippen molar-refractivity contribution in [2.45, 2.75) is 50.6 Å². The van der Waals surface area contributed by atoms with E-state index >= 15 is 0 Å². The molecule has 28 heavy (non-hydrogen) atoms. The summed E-state index contributed by atoms with van der Waals surface area (Å²) in [5, 5.41) is 3.64. The van der Waals surface area contributed by atoms with Crippen molar-refractivity contribution in [3.05, 3.63) is 28.9 Å². The van der Waals surface area contributed by atoms with Crippen molar-refractivity contribution in [1.82, 2.24) is 19.8 Å². The maximum absolute atomic E-state index is 4.76. The van der Waals surface area contributed by atoms with Gasteiger partial charge in [-0.2, -0.15) is 0 Å². The SMILES string of the molecule is Brc1ccc2ncc(NC3CCC(N4CCN(CC5CC5)CC4)CC3)nc2c1. The van der Waals surface area contributed by atoms with E-state index in [2.05, 4.69) is 36.0 Å². The van der Waals surface area contributed by atoms with Gasteiger partial charge in [0.15, 0.2) is 0 Å². The van der Waals surface area contributed by atoms with Gasteiger partial charge >= 0.3 is 0 Å². The Morgan fingerprint density at radius 1 is 0.964 bits per heavy atom. The molecule has 0 radical (unpaired) electrons. The van der Waals surface area contributed by atoms with Gasteiger partial charge in [-0.3, -0.25) is 9.88 Å². The largest absolute Gasteiger partial charge is 0.366 e. The molecule has 0 spiro atoms. The van der Waals surface area contributed by atoms with Gasteiger partial charge in [-0.1, -0.05) is 15.9 Å². The van der Waals surface area contributed by atoms with Gasteiger partial charge in [0.25, 0.3) is 0 Å². The van der Waals surface area contributed by atoms with Crippen LogP contribution in [0.3, 0.4) is 0 Å². The van der Waals surface area contributed by atoms with E-state index in [1.165, 1.54) is 71.2 Å². The number of halogens is 1. The molecule has 2 aromatic rings. The number of hydrogen-bond donors (Lipinski definition) is 1. The van der Waals surface area contributed by atoms with Gasteiger partial charge in [0.2, 0.25) is 0 Å². The molecule has 0 atom stereocenters. The number of fused-ring (bicyclic) bond motifs is 1. The minimum absolute atomic E-state index is 0.520. The number of piperazine rings is 1. The summed E-state index contributed by atoms with van der Waals surface area (Å²) in [6.45, 7) is 6.43. The van der Waals surface area contributed by atoms with Gasteiger partial charge in [-0.25, -0.2) is 4.98 Å². The van der Waals surface area contributed by atoms with E-state index < -0.39 is 0 Å².